The number of aryl methyl sites for hydroxylation is 1. The average molecular weight is 193 g/mol. The van der Waals surface area contributed by atoms with E-state index >= 15 is 0 Å². The highest BCUT2D eigenvalue weighted by atomic mass is 15.3. The fourth-order valence-corrected chi connectivity index (χ4v) is 1.33. The molecule has 0 saturated carbocycles. The molecule has 2 aromatic rings. The number of H-pyrrole nitrogens is 1. The Morgan fingerprint density at radius 3 is 3.00 bits per heavy atom. The van der Waals surface area contributed by atoms with Crippen LogP contribution in [0.4, 0.5) is 0 Å². The Morgan fingerprint density at radius 2 is 2.50 bits per heavy atom. The Balaban J connectivity index is 2.36. The van der Waals surface area contributed by atoms with Gasteiger partial charge in [-0.3, -0.25) is 15.6 Å². The number of nitrogens with two attached hydrogens (primary N) is 1. The van der Waals surface area contributed by atoms with E-state index in [0.29, 0.717) is 5.82 Å². The molecule has 0 aliphatic rings. The first-order valence-corrected chi connectivity index (χ1v) is 4.12. The third-order valence-corrected chi connectivity index (χ3v) is 2.03. The van der Waals surface area contributed by atoms with Crippen molar-refractivity contribution in [3.63, 3.8) is 0 Å². The Labute approximate surface area is 80.3 Å². The van der Waals surface area contributed by atoms with Gasteiger partial charge in [0.1, 0.15) is 18.2 Å². The number of hydrogen-bond acceptors (Lipinski definition) is 5. The lowest BCUT2D eigenvalue weighted by atomic mass is 10.2. The molecule has 0 amide bonds. The van der Waals surface area contributed by atoms with Gasteiger partial charge in [0.15, 0.2) is 0 Å². The van der Waals surface area contributed by atoms with E-state index in [4.69, 9.17) is 5.84 Å². The highest BCUT2D eigenvalue weighted by Crippen LogP contribution is 2.15. The molecule has 7 nitrogen and oxygen atoms in total. The second-order valence-electron chi connectivity index (χ2n) is 2.85. The maximum absolute atomic E-state index is 5.45. The lowest BCUT2D eigenvalue weighted by molar-refractivity contribution is 0.552. The predicted octanol–water partition coefficient (Wildman–Crippen LogP) is -0.909. The van der Waals surface area contributed by atoms with Gasteiger partial charge >= 0.3 is 0 Å². The molecule has 0 bridgehead atoms. The van der Waals surface area contributed by atoms with Crippen molar-refractivity contribution in [2.24, 2.45) is 12.9 Å². The monoisotopic (exact) mass is 193 g/mol. The van der Waals surface area contributed by atoms with Crippen LogP contribution in [0.1, 0.15) is 17.6 Å². The van der Waals surface area contributed by atoms with E-state index < -0.39 is 0 Å². The molecule has 2 rings (SSSR count). The van der Waals surface area contributed by atoms with Crippen LogP contribution < -0.4 is 11.3 Å². The molecule has 7 heteroatoms. The first-order valence-electron chi connectivity index (χ1n) is 4.12. The fraction of sp³-hybridized carbons (Fsp3) is 0.286. The van der Waals surface area contributed by atoms with E-state index in [1.165, 1.54) is 6.33 Å². The van der Waals surface area contributed by atoms with Crippen LogP contribution in [-0.4, -0.2) is 25.0 Å². The number of aromatic nitrogens is 5. The van der Waals surface area contributed by atoms with Gasteiger partial charge in [-0.05, 0) is 6.07 Å². The largest absolute Gasteiger partial charge is 0.271 e. The third kappa shape index (κ3) is 1.38. The van der Waals surface area contributed by atoms with Crippen LogP contribution in [0.15, 0.2) is 18.6 Å². The van der Waals surface area contributed by atoms with E-state index in [2.05, 4.69) is 25.7 Å². The Bertz CT molecular complexity index is 390. The summed E-state index contributed by atoms with van der Waals surface area (Å²) in [6, 6.07) is 1.65. The normalized spacial score (nSPS) is 13.0. The maximum atomic E-state index is 5.45. The second kappa shape index (κ2) is 3.56. The molecule has 0 fully saturated rings. The van der Waals surface area contributed by atoms with Crippen LogP contribution in [0.25, 0.3) is 0 Å². The van der Waals surface area contributed by atoms with Crippen molar-refractivity contribution >= 4 is 0 Å². The smallest absolute Gasteiger partial charge is 0.148 e. The van der Waals surface area contributed by atoms with E-state index in [0.717, 1.165) is 5.69 Å². The van der Waals surface area contributed by atoms with Crippen molar-refractivity contribution in [3.8, 4) is 0 Å². The standard InChI is InChI=1S/C7H11N7/c1-14-5(2-3-11-14)6(12-8)7-9-4-10-13-7/h2-4,6,12H,8H2,1H3,(H,9,10,13). The van der Waals surface area contributed by atoms with Crippen LogP contribution in [-0.2, 0) is 7.05 Å². The summed E-state index contributed by atoms with van der Waals surface area (Å²) < 4.78 is 1.73. The van der Waals surface area contributed by atoms with Crippen LogP contribution in [0.3, 0.4) is 0 Å². The van der Waals surface area contributed by atoms with Gasteiger partial charge < -0.3 is 0 Å². The van der Waals surface area contributed by atoms with Crippen molar-refractivity contribution in [3.05, 3.63) is 30.1 Å². The quantitative estimate of drug-likeness (QED) is 0.433. The molecular formula is C7H11N7. The van der Waals surface area contributed by atoms with Crippen LogP contribution in [0, 0.1) is 0 Å². The zero-order chi connectivity index (χ0) is 9.97. The molecule has 0 aromatic carbocycles. The van der Waals surface area contributed by atoms with Crippen LogP contribution >= 0.6 is 0 Å². The Hall–Kier alpha value is -1.73. The number of hydrogen-bond donors (Lipinski definition) is 3. The minimum absolute atomic E-state index is 0.218. The minimum atomic E-state index is -0.218. The molecule has 0 saturated heterocycles. The predicted molar refractivity (Wildman–Crippen MR) is 48.8 cm³/mol. The van der Waals surface area contributed by atoms with Gasteiger partial charge in [-0.25, -0.2) is 10.4 Å². The summed E-state index contributed by atoms with van der Waals surface area (Å²) in [5.41, 5.74) is 3.57. The van der Waals surface area contributed by atoms with E-state index in [1.807, 2.05) is 13.1 Å². The van der Waals surface area contributed by atoms with Crippen molar-refractivity contribution in [2.75, 3.05) is 0 Å². The molecule has 0 radical (unpaired) electrons. The SMILES string of the molecule is Cn1nccc1C(NN)c1ncn[nH]1. The molecule has 0 aliphatic heterocycles. The summed E-state index contributed by atoms with van der Waals surface area (Å²) in [6.45, 7) is 0. The highest BCUT2D eigenvalue weighted by molar-refractivity contribution is 5.14. The first kappa shape index (κ1) is 8.85. The molecule has 1 atom stereocenters. The molecule has 1 unspecified atom stereocenters. The number of nitrogens with one attached hydrogen (secondary N) is 2. The zero-order valence-corrected chi connectivity index (χ0v) is 7.68. The van der Waals surface area contributed by atoms with Gasteiger partial charge in [-0.15, -0.1) is 0 Å². The van der Waals surface area contributed by atoms with Crippen molar-refractivity contribution in [2.45, 2.75) is 6.04 Å². The lowest BCUT2D eigenvalue weighted by Gasteiger charge is -2.12. The summed E-state index contributed by atoms with van der Waals surface area (Å²) in [7, 11) is 1.84. The van der Waals surface area contributed by atoms with Gasteiger partial charge in [-0.1, -0.05) is 0 Å². The first-order chi connectivity index (χ1) is 6.83. The molecular weight excluding hydrogens is 182 g/mol. The fourth-order valence-electron chi connectivity index (χ4n) is 1.33. The summed E-state index contributed by atoms with van der Waals surface area (Å²) in [4.78, 5) is 4.03. The van der Waals surface area contributed by atoms with Gasteiger partial charge in [0.25, 0.3) is 0 Å². The third-order valence-electron chi connectivity index (χ3n) is 2.03. The maximum Gasteiger partial charge on any atom is 0.148 e. The molecule has 0 aliphatic carbocycles. The van der Waals surface area contributed by atoms with Gasteiger partial charge in [0.2, 0.25) is 0 Å². The summed E-state index contributed by atoms with van der Waals surface area (Å²) in [6.07, 6.45) is 3.14. The van der Waals surface area contributed by atoms with Gasteiger partial charge in [-0.2, -0.15) is 10.2 Å². The summed E-state index contributed by atoms with van der Waals surface area (Å²) in [5.74, 6) is 6.11. The molecule has 0 spiro atoms. The van der Waals surface area contributed by atoms with Crippen molar-refractivity contribution in [1.82, 2.24) is 30.4 Å². The van der Waals surface area contributed by atoms with Crippen molar-refractivity contribution in [1.29, 1.82) is 0 Å². The van der Waals surface area contributed by atoms with Gasteiger partial charge in [0.05, 0.1) is 5.69 Å². The van der Waals surface area contributed by atoms with Gasteiger partial charge in [0, 0.05) is 13.2 Å². The number of hydrazine groups is 1. The highest BCUT2D eigenvalue weighted by Gasteiger charge is 2.17. The average Bonchev–Trinajstić information content (AvgIpc) is 2.80. The number of nitrogens with zero attached hydrogens (tertiary/aromatic N) is 4. The zero-order valence-electron chi connectivity index (χ0n) is 7.68. The summed E-state index contributed by atoms with van der Waals surface area (Å²) >= 11 is 0. The molecule has 2 heterocycles. The lowest BCUT2D eigenvalue weighted by Crippen LogP contribution is -2.31. The topological polar surface area (TPSA) is 97.4 Å². The number of aromatic amines is 1. The summed E-state index contributed by atoms with van der Waals surface area (Å²) in [5, 5.41) is 10.6. The molecule has 14 heavy (non-hydrogen) atoms. The number of rotatable bonds is 3. The Morgan fingerprint density at radius 1 is 1.64 bits per heavy atom. The van der Waals surface area contributed by atoms with E-state index in [9.17, 15) is 0 Å². The van der Waals surface area contributed by atoms with Crippen molar-refractivity contribution < 1.29 is 0 Å². The molecule has 74 valence electrons. The van der Waals surface area contributed by atoms with Crippen LogP contribution in [0.2, 0.25) is 0 Å². The second-order valence-corrected chi connectivity index (χ2v) is 2.85. The minimum Gasteiger partial charge on any atom is -0.271 e. The molecule has 2 aromatic heterocycles. The molecule has 4 N–H and O–H groups in total. The Kier molecular flexibility index (Phi) is 2.25. The van der Waals surface area contributed by atoms with E-state index in [1.54, 1.807) is 10.9 Å². The van der Waals surface area contributed by atoms with E-state index in [-0.39, 0.29) is 6.04 Å². The van der Waals surface area contributed by atoms with Crippen LogP contribution in [0.5, 0.6) is 0 Å².